The largest absolute Gasteiger partial charge is 0.322 e. The van der Waals surface area contributed by atoms with Crippen molar-refractivity contribution < 1.29 is 4.79 Å². The molecule has 0 radical (unpaired) electrons. The predicted octanol–water partition coefficient (Wildman–Crippen LogP) is 8.58. The minimum atomic E-state index is -0.473. The molecule has 1 aromatic heterocycles. The number of nitrogens with one attached hydrogen (secondary N) is 1. The lowest BCUT2D eigenvalue weighted by atomic mass is 9.92. The summed E-state index contributed by atoms with van der Waals surface area (Å²) in [7, 11) is 0. The maximum Gasteiger partial charge on any atom is 0.322 e. The summed E-state index contributed by atoms with van der Waals surface area (Å²) in [5.74, 6) is 1.44. The molecule has 0 saturated carbocycles. The van der Waals surface area contributed by atoms with Crippen LogP contribution in [0.3, 0.4) is 0 Å². The van der Waals surface area contributed by atoms with Crippen LogP contribution in [0.4, 0.5) is 10.5 Å². The first-order chi connectivity index (χ1) is 19.5. The Hall–Kier alpha value is -3.93. The number of carbonyl (C=O) groups is 1. The van der Waals surface area contributed by atoms with Gasteiger partial charge >= 0.3 is 6.03 Å². The third kappa shape index (κ3) is 6.37. The summed E-state index contributed by atoms with van der Waals surface area (Å²) in [6.07, 6.45) is 0.822. The van der Waals surface area contributed by atoms with E-state index < -0.39 is 6.04 Å². The van der Waals surface area contributed by atoms with Gasteiger partial charge < -0.3 is 10.2 Å². The molecular formula is C35H44N4O2. The van der Waals surface area contributed by atoms with E-state index in [0.29, 0.717) is 29.2 Å². The van der Waals surface area contributed by atoms with Crippen molar-refractivity contribution in [3.8, 4) is 5.69 Å². The first kappa shape index (κ1) is 30.0. The van der Waals surface area contributed by atoms with Crippen molar-refractivity contribution >= 4 is 22.6 Å². The van der Waals surface area contributed by atoms with Crippen LogP contribution >= 0.6 is 0 Å². The van der Waals surface area contributed by atoms with Crippen molar-refractivity contribution in [2.75, 3.05) is 11.9 Å². The summed E-state index contributed by atoms with van der Waals surface area (Å²) < 4.78 is 1.69. The zero-order valence-corrected chi connectivity index (χ0v) is 25.7. The molecule has 6 heteroatoms. The summed E-state index contributed by atoms with van der Waals surface area (Å²) in [4.78, 5) is 35.1. The highest BCUT2D eigenvalue weighted by Crippen LogP contribution is 2.33. The molecule has 1 atom stereocenters. The second kappa shape index (κ2) is 12.7. The van der Waals surface area contributed by atoms with Crippen LogP contribution in [0.1, 0.15) is 95.3 Å². The number of hydrogen-bond acceptors (Lipinski definition) is 3. The molecule has 2 amide bonds. The summed E-state index contributed by atoms with van der Waals surface area (Å²) >= 11 is 0. The van der Waals surface area contributed by atoms with Crippen molar-refractivity contribution in [1.29, 1.82) is 0 Å². The quantitative estimate of drug-likeness (QED) is 0.226. The number of amides is 2. The fraction of sp³-hybridized carbons (Fsp3) is 0.400. The Morgan fingerprint density at radius 1 is 0.854 bits per heavy atom. The maximum absolute atomic E-state index is 14.3. The van der Waals surface area contributed by atoms with Gasteiger partial charge in [0.25, 0.3) is 5.56 Å². The minimum Gasteiger partial charge on any atom is -0.315 e. The van der Waals surface area contributed by atoms with Crippen molar-refractivity contribution in [3.05, 3.63) is 99.6 Å². The van der Waals surface area contributed by atoms with Gasteiger partial charge in [0.1, 0.15) is 5.82 Å². The van der Waals surface area contributed by atoms with Gasteiger partial charge in [-0.05, 0) is 72.9 Å². The number of carbonyl (C=O) groups excluding carboxylic acids is 1. The van der Waals surface area contributed by atoms with Crippen LogP contribution in [0.2, 0.25) is 0 Å². The number of aryl methyl sites for hydroxylation is 1. The van der Waals surface area contributed by atoms with Crippen molar-refractivity contribution in [3.63, 3.8) is 0 Å². The van der Waals surface area contributed by atoms with E-state index >= 15 is 0 Å². The monoisotopic (exact) mass is 552 g/mol. The highest BCUT2D eigenvalue weighted by molar-refractivity contribution is 5.92. The van der Waals surface area contributed by atoms with Crippen LogP contribution in [-0.2, 0) is 0 Å². The molecule has 1 N–H and O–H groups in total. The summed E-state index contributed by atoms with van der Waals surface area (Å²) in [5.41, 5.74) is 5.33. The highest BCUT2D eigenvalue weighted by Gasteiger charge is 2.29. The number of nitrogens with zero attached hydrogens (tertiary/aromatic N) is 3. The second-order valence-electron chi connectivity index (χ2n) is 12.0. The SMILES string of the molecule is Cc1ccccc1-n1c(C(C)N(CCC(C)C)C(=O)Nc2c(C(C)C)cccc2C(C)C)nc2ccccc2c1=O. The Bertz CT molecular complexity index is 1560. The first-order valence-electron chi connectivity index (χ1n) is 14.8. The van der Waals surface area contributed by atoms with Gasteiger partial charge in [0.15, 0.2) is 0 Å². The van der Waals surface area contributed by atoms with Crippen molar-refractivity contribution in [2.24, 2.45) is 5.92 Å². The fourth-order valence-corrected chi connectivity index (χ4v) is 5.36. The average molecular weight is 553 g/mol. The standard InChI is InChI=1S/C35H44N4O2/c1-22(2)20-21-38(35(41)37-32-27(23(3)4)16-13-17-28(32)24(5)6)26(8)33-36-30-18-11-10-15-29(30)34(40)39(33)31-19-12-9-14-25(31)7/h9-19,22-24,26H,20-21H2,1-8H3,(H,37,41). The molecule has 1 heterocycles. The number of hydrogen-bond donors (Lipinski definition) is 1. The molecule has 41 heavy (non-hydrogen) atoms. The van der Waals surface area contributed by atoms with Gasteiger partial charge in [-0.2, -0.15) is 0 Å². The molecule has 4 aromatic rings. The maximum atomic E-state index is 14.3. The molecule has 0 aliphatic rings. The van der Waals surface area contributed by atoms with Gasteiger partial charge in [-0.3, -0.25) is 9.36 Å². The third-order valence-electron chi connectivity index (χ3n) is 7.81. The number of aromatic nitrogens is 2. The molecule has 0 bridgehead atoms. The lowest BCUT2D eigenvalue weighted by Gasteiger charge is -2.32. The smallest absolute Gasteiger partial charge is 0.315 e. The normalized spacial score (nSPS) is 12.4. The van der Waals surface area contributed by atoms with Gasteiger partial charge in [0, 0.05) is 12.2 Å². The van der Waals surface area contributed by atoms with Crippen LogP contribution in [-0.4, -0.2) is 27.0 Å². The molecule has 0 aliphatic carbocycles. The minimum absolute atomic E-state index is 0.136. The Morgan fingerprint density at radius 3 is 2.07 bits per heavy atom. The third-order valence-corrected chi connectivity index (χ3v) is 7.81. The van der Waals surface area contributed by atoms with E-state index in [4.69, 9.17) is 4.98 Å². The summed E-state index contributed by atoms with van der Waals surface area (Å²) in [6.45, 7) is 17.4. The number of fused-ring (bicyclic) bond motifs is 1. The average Bonchev–Trinajstić information content (AvgIpc) is 2.93. The predicted molar refractivity (Wildman–Crippen MR) is 170 cm³/mol. The van der Waals surface area contributed by atoms with Crippen LogP contribution in [0, 0.1) is 12.8 Å². The van der Waals surface area contributed by atoms with E-state index in [1.807, 2.05) is 67.3 Å². The highest BCUT2D eigenvalue weighted by atomic mass is 16.2. The molecule has 0 fully saturated rings. The van der Waals surface area contributed by atoms with Gasteiger partial charge in [-0.15, -0.1) is 0 Å². The Kier molecular flexibility index (Phi) is 9.31. The summed E-state index contributed by atoms with van der Waals surface area (Å²) in [6, 6.07) is 20.8. The van der Waals surface area contributed by atoms with E-state index in [0.717, 1.165) is 34.5 Å². The number of anilines is 1. The number of para-hydroxylation sites is 3. The zero-order valence-electron chi connectivity index (χ0n) is 25.7. The molecule has 3 aromatic carbocycles. The molecule has 6 nitrogen and oxygen atoms in total. The first-order valence-corrected chi connectivity index (χ1v) is 14.8. The molecule has 1 unspecified atom stereocenters. The Morgan fingerprint density at radius 2 is 1.46 bits per heavy atom. The topological polar surface area (TPSA) is 67.2 Å². The van der Waals surface area contributed by atoms with E-state index in [9.17, 15) is 9.59 Å². The lowest BCUT2D eigenvalue weighted by molar-refractivity contribution is 0.185. The Balaban J connectivity index is 1.87. The Labute approximate surface area is 244 Å². The second-order valence-corrected chi connectivity index (χ2v) is 12.0. The molecule has 0 aliphatic heterocycles. The number of benzene rings is 3. The van der Waals surface area contributed by atoms with Crippen molar-refractivity contribution in [1.82, 2.24) is 14.5 Å². The van der Waals surface area contributed by atoms with E-state index in [1.165, 1.54) is 0 Å². The zero-order chi connectivity index (χ0) is 29.8. The van der Waals surface area contributed by atoms with Crippen LogP contribution in [0.25, 0.3) is 16.6 Å². The molecule has 216 valence electrons. The van der Waals surface area contributed by atoms with E-state index in [-0.39, 0.29) is 23.4 Å². The molecule has 0 saturated heterocycles. The van der Waals surface area contributed by atoms with Gasteiger partial charge in [0.05, 0.1) is 22.6 Å². The number of urea groups is 1. The van der Waals surface area contributed by atoms with Crippen molar-refractivity contribution in [2.45, 2.75) is 79.7 Å². The van der Waals surface area contributed by atoms with Gasteiger partial charge in [-0.25, -0.2) is 9.78 Å². The number of rotatable bonds is 9. The fourth-order valence-electron chi connectivity index (χ4n) is 5.36. The van der Waals surface area contributed by atoms with Gasteiger partial charge in [-0.1, -0.05) is 90.1 Å². The molecular weight excluding hydrogens is 508 g/mol. The van der Waals surface area contributed by atoms with E-state index in [1.54, 1.807) is 4.57 Å². The van der Waals surface area contributed by atoms with Gasteiger partial charge in [0.2, 0.25) is 0 Å². The van der Waals surface area contributed by atoms with Crippen LogP contribution < -0.4 is 10.9 Å². The summed E-state index contributed by atoms with van der Waals surface area (Å²) in [5, 5.41) is 3.86. The lowest BCUT2D eigenvalue weighted by Crippen LogP contribution is -2.41. The van der Waals surface area contributed by atoms with E-state index in [2.05, 4.69) is 65.1 Å². The molecule has 4 rings (SSSR count). The van der Waals surface area contributed by atoms with Crippen LogP contribution in [0.5, 0.6) is 0 Å². The van der Waals surface area contributed by atoms with Crippen LogP contribution in [0.15, 0.2) is 71.5 Å². The molecule has 0 spiro atoms.